The van der Waals surface area contributed by atoms with E-state index in [9.17, 15) is 34.5 Å². The van der Waals surface area contributed by atoms with Crippen molar-refractivity contribution >= 4 is 65.0 Å². The predicted molar refractivity (Wildman–Crippen MR) is 220 cm³/mol. The number of halogens is 2. The Morgan fingerprint density at radius 2 is 1.55 bits per heavy atom. The van der Waals surface area contributed by atoms with E-state index in [1.54, 1.807) is 24.1 Å². The van der Waals surface area contributed by atoms with Gasteiger partial charge in [-0.3, -0.25) is 19.7 Å². The number of nitrogens with one attached hydrogen (secondary N) is 4. The summed E-state index contributed by atoms with van der Waals surface area (Å²) in [6, 6.07) is 28.7. The van der Waals surface area contributed by atoms with Gasteiger partial charge in [-0.25, -0.2) is 4.79 Å². The number of H-pyrrole nitrogens is 1. The van der Waals surface area contributed by atoms with Gasteiger partial charge in [0.25, 0.3) is 0 Å². The quantitative estimate of drug-likeness (QED) is 0.0481. The Morgan fingerprint density at radius 3 is 2.27 bits per heavy atom. The summed E-state index contributed by atoms with van der Waals surface area (Å²) < 4.78 is 0. The van der Waals surface area contributed by atoms with E-state index in [1.165, 1.54) is 12.1 Å². The van der Waals surface area contributed by atoms with E-state index in [4.69, 9.17) is 0 Å². The van der Waals surface area contributed by atoms with Crippen LogP contribution >= 0.6 is 24.8 Å². The van der Waals surface area contributed by atoms with E-state index in [2.05, 4.69) is 20.9 Å². The smallest absolute Gasteiger partial charge is 0.409 e. The van der Waals surface area contributed by atoms with Crippen molar-refractivity contribution in [3.05, 3.63) is 124 Å². The average molecular weight is 793 g/mol. The van der Waals surface area contributed by atoms with E-state index in [-0.39, 0.29) is 60.0 Å². The van der Waals surface area contributed by atoms with Gasteiger partial charge in [-0.05, 0) is 78.3 Å². The zero-order chi connectivity index (χ0) is 37.7. The molecule has 0 saturated carbocycles. The van der Waals surface area contributed by atoms with Gasteiger partial charge < -0.3 is 35.8 Å². The maximum atomic E-state index is 12.7. The SMILES string of the molecule is CN(CCCCC(=O)Nc1ccc(CNCC(O)c2ccc(O)c3[nH]c(=O)ccc23)cc1)C(=O)CCCc1ccc(-c2ccccc2)c(NC(=O)O)c1.Cl.Cl. The molecular formula is C41H47Cl2N5O7. The fourth-order valence-corrected chi connectivity index (χ4v) is 6.17. The number of phenolic OH excluding ortho intramolecular Hbond substituents is 1. The first kappa shape index (κ1) is 44.0. The standard InChI is InChI=1S/C41H45N5O7.2ClH/c1-46(39(51)12-7-8-27-15-18-31(29-9-3-2-4-10-29)34(24-27)44-41(52)53)23-6-5-11-37(49)43-30-16-13-28(14-17-30)25-42-26-36(48)32-19-21-35(47)40-33(32)20-22-38(50)45-40;;/h2-4,9-10,13-22,24,36,42,44,47-48H,5-8,11-12,23,25-26H2,1H3,(H,43,49)(H,45,50)(H,52,53);2*1H. The molecule has 292 valence electrons. The Bertz CT molecular complexity index is 2100. The van der Waals surface area contributed by atoms with Gasteiger partial charge in [-0.15, -0.1) is 24.8 Å². The lowest BCUT2D eigenvalue weighted by atomic mass is 9.99. The normalized spacial score (nSPS) is 11.2. The van der Waals surface area contributed by atoms with Crippen molar-refractivity contribution in [2.24, 2.45) is 0 Å². The maximum absolute atomic E-state index is 12.7. The number of unbranched alkanes of at least 4 members (excludes halogenated alkanes) is 1. The number of aliphatic hydroxyl groups is 1. The number of nitrogens with zero attached hydrogens (tertiary/aromatic N) is 1. The number of benzene rings is 4. The number of rotatable bonds is 17. The third kappa shape index (κ3) is 12.9. The van der Waals surface area contributed by atoms with E-state index in [0.717, 1.165) is 22.3 Å². The molecule has 12 nitrogen and oxygen atoms in total. The van der Waals surface area contributed by atoms with E-state index < -0.39 is 12.2 Å². The fourth-order valence-electron chi connectivity index (χ4n) is 6.17. The molecule has 1 atom stereocenters. The maximum Gasteiger partial charge on any atom is 0.409 e. The summed E-state index contributed by atoms with van der Waals surface area (Å²) in [5.74, 6) is -0.144. The Labute approximate surface area is 331 Å². The second-order valence-corrected chi connectivity index (χ2v) is 13.0. The van der Waals surface area contributed by atoms with Crippen LogP contribution in [-0.2, 0) is 22.6 Å². The van der Waals surface area contributed by atoms with Crippen LogP contribution in [-0.4, -0.2) is 63.2 Å². The molecule has 0 aliphatic rings. The minimum absolute atomic E-state index is 0. The number of carboxylic acid groups (broad SMARTS) is 1. The highest BCUT2D eigenvalue weighted by Gasteiger charge is 2.15. The second-order valence-electron chi connectivity index (χ2n) is 13.0. The van der Waals surface area contributed by atoms with Crippen LogP contribution in [0.2, 0.25) is 0 Å². The lowest BCUT2D eigenvalue weighted by Crippen LogP contribution is -2.27. The van der Waals surface area contributed by atoms with Gasteiger partial charge in [0.05, 0.1) is 17.3 Å². The van der Waals surface area contributed by atoms with E-state index in [1.807, 2.05) is 72.8 Å². The highest BCUT2D eigenvalue weighted by Crippen LogP contribution is 2.30. The number of aromatic hydroxyl groups is 1. The highest BCUT2D eigenvalue weighted by atomic mass is 35.5. The summed E-state index contributed by atoms with van der Waals surface area (Å²) in [6.07, 6.45) is 1.27. The van der Waals surface area contributed by atoms with Crippen LogP contribution in [0.25, 0.3) is 22.0 Å². The molecule has 0 bridgehead atoms. The third-order valence-electron chi connectivity index (χ3n) is 9.01. The van der Waals surface area contributed by atoms with E-state index in [0.29, 0.717) is 73.9 Å². The highest BCUT2D eigenvalue weighted by molar-refractivity contribution is 5.91. The third-order valence-corrected chi connectivity index (χ3v) is 9.01. The number of aliphatic hydroxyl groups excluding tert-OH is 1. The predicted octanol–water partition coefficient (Wildman–Crippen LogP) is 7.25. The van der Waals surface area contributed by atoms with Crippen molar-refractivity contribution in [3.63, 3.8) is 0 Å². The molecule has 0 spiro atoms. The van der Waals surface area contributed by atoms with Crippen molar-refractivity contribution in [3.8, 4) is 16.9 Å². The van der Waals surface area contributed by atoms with Crippen molar-refractivity contribution in [2.45, 2.75) is 51.2 Å². The number of anilines is 2. The van der Waals surface area contributed by atoms with Gasteiger partial charge in [0.2, 0.25) is 17.4 Å². The van der Waals surface area contributed by atoms with Gasteiger partial charge in [0.15, 0.2) is 0 Å². The van der Waals surface area contributed by atoms with Gasteiger partial charge in [-0.1, -0.05) is 60.7 Å². The molecule has 14 heteroatoms. The van der Waals surface area contributed by atoms with Crippen molar-refractivity contribution < 1.29 is 29.7 Å². The Balaban J connectivity index is 0.00000406. The summed E-state index contributed by atoms with van der Waals surface area (Å²) >= 11 is 0. The van der Waals surface area contributed by atoms with Crippen molar-refractivity contribution in [2.75, 3.05) is 30.8 Å². The molecule has 55 heavy (non-hydrogen) atoms. The lowest BCUT2D eigenvalue weighted by molar-refractivity contribution is -0.130. The summed E-state index contributed by atoms with van der Waals surface area (Å²) in [5, 5.41) is 39.4. The molecule has 1 unspecified atom stereocenters. The second kappa shape index (κ2) is 21.5. The van der Waals surface area contributed by atoms with Crippen LogP contribution in [0.5, 0.6) is 5.75 Å². The van der Waals surface area contributed by atoms with Crippen LogP contribution in [0.1, 0.15) is 54.9 Å². The molecule has 5 rings (SSSR count). The van der Waals surface area contributed by atoms with Gasteiger partial charge >= 0.3 is 6.09 Å². The summed E-state index contributed by atoms with van der Waals surface area (Å²) in [7, 11) is 1.77. The number of amides is 3. The molecule has 5 aromatic rings. The number of carbonyl (C=O) groups is 3. The summed E-state index contributed by atoms with van der Waals surface area (Å²) in [4.78, 5) is 52.6. The fraction of sp³-hybridized carbons (Fsp3) is 0.268. The number of phenols is 1. The lowest BCUT2D eigenvalue weighted by Gasteiger charge is -2.17. The number of aromatic nitrogens is 1. The van der Waals surface area contributed by atoms with Gasteiger partial charge in [-0.2, -0.15) is 0 Å². The minimum atomic E-state index is -1.13. The summed E-state index contributed by atoms with van der Waals surface area (Å²) in [5.41, 5.74) is 5.33. The van der Waals surface area contributed by atoms with E-state index >= 15 is 0 Å². The molecular weight excluding hydrogens is 745 g/mol. The first-order chi connectivity index (χ1) is 25.6. The molecule has 0 aliphatic carbocycles. The zero-order valence-corrected chi connectivity index (χ0v) is 32.1. The molecule has 3 amide bonds. The number of aromatic amines is 1. The number of hydrogen-bond donors (Lipinski definition) is 7. The van der Waals surface area contributed by atoms with Crippen molar-refractivity contribution in [1.29, 1.82) is 0 Å². The average Bonchev–Trinajstić information content (AvgIpc) is 3.14. The number of pyridine rings is 1. The zero-order valence-electron chi connectivity index (χ0n) is 30.4. The molecule has 1 aromatic heterocycles. The Kier molecular flexibility index (Phi) is 17.2. The Hall–Kier alpha value is -5.40. The van der Waals surface area contributed by atoms with Crippen LogP contribution in [0.3, 0.4) is 0 Å². The van der Waals surface area contributed by atoms with Crippen LogP contribution in [0.15, 0.2) is 102 Å². The van der Waals surface area contributed by atoms with Crippen LogP contribution < -0.4 is 21.5 Å². The molecule has 0 saturated heterocycles. The van der Waals surface area contributed by atoms with Gasteiger partial charge in [0, 0.05) is 62.2 Å². The molecule has 0 aliphatic heterocycles. The first-order valence-electron chi connectivity index (χ1n) is 17.6. The summed E-state index contributed by atoms with van der Waals surface area (Å²) in [6.45, 7) is 1.28. The van der Waals surface area contributed by atoms with Crippen LogP contribution in [0, 0.1) is 0 Å². The first-order valence-corrected chi connectivity index (χ1v) is 17.6. The molecule has 1 heterocycles. The number of hydrogen-bond acceptors (Lipinski definition) is 7. The molecule has 7 N–H and O–H groups in total. The molecule has 4 aromatic carbocycles. The monoisotopic (exact) mass is 791 g/mol. The van der Waals surface area contributed by atoms with Gasteiger partial charge in [0.1, 0.15) is 5.75 Å². The van der Waals surface area contributed by atoms with Crippen LogP contribution in [0.4, 0.5) is 16.2 Å². The topological polar surface area (TPSA) is 184 Å². The Morgan fingerprint density at radius 1 is 0.818 bits per heavy atom. The molecule has 0 fully saturated rings. The van der Waals surface area contributed by atoms with Crippen molar-refractivity contribution in [1.82, 2.24) is 15.2 Å². The number of aryl methyl sites for hydroxylation is 1. The minimum Gasteiger partial charge on any atom is -0.506 e. The largest absolute Gasteiger partial charge is 0.506 e. The molecule has 0 radical (unpaired) electrons. The number of carbonyl (C=O) groups excluding carboxylic acids is 2. The number of fused-ring (bicyclic) bond motifs is 1.